The van der Waals surface area contributed by atoms with Crippen LogP contribution in [-0.2, 0) is 6.54 Å². The van der Waals surface area contributed by atoms with Crippen LogP contribution in [0.3, 0.4) is 0 Å². The monoisotopic (exact) mass is 244 g/mol. The number of rotatable bonds is 5. The Morgan fingerprint density at radius 2 is 2.00 bits per heavy atom. The minimum Gasteiger partial charge on any atom is -0.395 e. The standard InChI is InChI=1S/C15H20N2O/c16-11-13-5-1-2-6-14(13)12-17(9-10-18)15-7-3-4-8-15/h1-2,5-6,15,18H,3-4,7-10,12H2. The van der Waals surface area contributed by atoms with Crippen LogP contribution in [0.2, 0.25) is 0 Å². The fourth-order valence-electron chi connectivity index (χ4n) is 2.77. The molecule has 0 amide bonds. The molecule has 3 heteroatoms. The first-order valence-electron chi connectivity index (χ1n) is 6.68. The maximum Gasteiger partial charge on any atom is 0.0995 e. The fraction of sp³-hybridized carbons (Fsp3) is 0.533. The average Bonchev–Trinajstić information content (AvgIpc) is 2.92. The Morgan fingerprint density at radius 1 is 1.28 bits per heavy atom. The molecule has 0 aliphatic heterocycles. The van der Waals surface area contributed by atoms with E-state index in [0.29, 0.717) is 12.6 Å². The lowest BCUT2D eigenvalue weighted by molar-refractivity contribution is 0.144. The molecule has 0 bridgehead atoms. The van der Waals surface area contributed by atoms with Gasteiger partial charge in [-0.1, -0.05) is 31.0 Å². The molecule has 96 valence electrons. The molecule has 1 aliphatic carbocycles. The Morgan fingerprint density at radius 3 is 2.67 bits per heavy atom. The van der Waals surface area contributed by atoms with Crippen LogP contribution >= 0.6 is 0 Å². The molecule has 0 atom stereocenters. The smallest absolute Gasteiger partial charge is 0.0995 e. The Balaban J connectivity index is 2.10. The predicted molar refractivity (Wildman–Crippen MR) is 70.9 cm³/mol. The van der Waals surface area contributed by atoms with Gasteiger partial charge in [0.05, 0.1) is 18.2 Å². The zero-order valence-electron chi connectivity index (χ0n) is 10.7. The van der Waals surface area contributed by atoms with Crippen LogP contribution in [0.25, 0.3) is 0 Å². The summed E-state index contributed by atoms with van der Waals surface area (Å²) in [5.41, 5.74) is 1.82. The van der Waals surface area contributed by atoms with Crippen molar-refractivity contribution in [3.05, 3.63) is 35.4 Å². The van der Waals surface area contributed by atoms with Gasteiger partial charge < -0.3 is 5.11 Å². The number of aliphatic hydroxyl groups excluding tert-OH is 1. The minimum absolute atomic E-state index is 0.186. The molecular weight excluding hydrogens is 224 g/mol. The molecule has 0 heterocycles. The normalized spacial score (nSPS) is 16.1. The third-order valence-corrected chi connectivity index (χ3v) is 3.74. The van der Waals surface area contributed by atoms with E-state index in [-0.39, 0.29) is 6.61 Å². The maximum absolute atomic E-state index is 9.19. The number of aliphatic hydroxyl groups is 1. The molecule has 0 radical (unpaired) electrons. The summed E-state index contributed by atoms with van der Waals surface area (Å²) in [6.07, 6.45) is 5.00. The van der Waals surface area contributed by atoms with Gasteiger partial charge in [-0.25, -0.2) is 0 Å². The summed E-state index contributed by atoms with van der Waals surface area (Å²) in [6, 6.07) is 10.6. The van der Waals surface area contributed by atoms with Gasteiger partial charge in [-0.2, -0.15) is 5.26 Å². The van der Waals surface area contributed by atoms with E-state index < -0.39 is 0 Å². The van der Waals surface area contributed by atoms with Gasteiger partial charge in [-0.3, -0.25) is 4.90 Å². The predicted octanol–water partition coefficient (Wildman–Crippen LogP) is 2.30. The zero-order valence-corrected chi connectivity index (χ0v) is 10.7. The van der Waals surface area contributed by atoms with Crippen molar-refractivity contribution in [3.8, 4) is 6.07 Å². The molecule has 18 heavy (non-hydrogen) atoms. The van der Waals surface area contributed by atoms with Crippen LogP contribution in [0.4, 0.5) is 0 Å². The van der Waals surface area contributed by atoms with Crippen molar-refractivity contribution >= 4 is 0 Å². The van der Waals surface area contributed by atoms with E-state index in [1.54, 1.807) is 0 Å². The highest BCUT2D eigenvalue weighted by atomic mass is 16.3. The molecule has 1 saturated carbocycles. The summed E-state index contributed by atoms with van der Waals surface area (Å²) in [5, 5.41) is 18.3. The molecule has 1 aromatic rings. The highest BCUT2D eigenvalue weighted by Crippen LogP contribution is 2.25. The second-order valence-electron chi connectivity index (χ2n) is 4.90. The van der Waals surface area contributed by atoms with Crippen LogP contribution in [0.1, 0.15) is 36.8 Å². The van der Waals surface area contributed by atoms with Crippen molar-refractivity contribution < 1.29 is 5.11 Å². The van der Waals surface area contributed by atoms with Crippen molar-refractivity contribution in [3.63, 3.8) is 0 Å². The first-order valence-corrected chi connectivity index (χ1v) is 6.68. The number of nitriles is 1. The molecule has 2 rings (SSSR count). The first kappa shape index (κ1) is 13.1. The SMILES string of the molecule is N#Cc1ccccc1CN(CCO)C1CCCC1. The molecule has 0 aromatic heterocycles. The Bertz CT molecular complexity index is 419. The lowest BCUT2D eigenvalue weighted by Gasteiger charge is -2.28. The average molecular weight is 244 g/mol. The van der Waals surface area contributed by atoms with Gasteiger partial charge in [0.1, 0.15) is 0 Å². The van der Waals surface area contributed by atoms with Crippen molar-refractivity contribution in [2.75, 3.05) is 13.2 Å². The van der Waals surface area contributed by atoms with Crippen molar-refractivity contribution in [1.82, 2.24) is 4.90 Å². The summed E-state index contributed by atoms with van der Waals surface area (Å²) in [6.45, 7) is 1.66. The Labute approximate surface area is 109 Å². The lowest BCUT2D eigenvalue weighted by Crippen LogP contribution is -2.35. The Hall–Kier alpha value is -1.37. The molecular formula is C15H20N2O. The van der Waals surface area contributed by atoms with Gasteiger partial charge >= 0.3 is 0 Å². The summed E-state index contributed by atoms with van der Waals surface area (Å²) in [4.78, 5) is 2.32. The quantitative estimate of drug-likeness (QED) is 0.864. The molecule has 0 saturated heterocycles. The number of benzene rings is 1. The van der Waals surface area contributed by atoms with Crippen LogP contribution < -0.4 is 0 Å². The Kier molecular flexibility index (Phi) is 4.74. The van der Waals surface area contributed by atoms with Gasteiger partial charge in [0.25, 0.3) is 0 Å². The second kappa shape index (κ2) is 6.53. The van der Waals surface area contributed by atoms with Gasteiger partial charge in [-0.15, -0.1) is 0 Å². The second-order valence-corrected chi connectivity index (χ2v) is 4.90. The van der Waals surface area contributed by atoms with Gasteiger partial charge in [0.15, 0.2) is 0 Å². The van der Waals surface area contributed by atoms with E-state index in [1.165, 1.54) is 25.7 Å². The van der Waals surface area contributed by atoms with E-state index in [1.807, 2.05) is 24.3 Å². The summed E-state index contributed by atoms with van der Waals surface area (Å²) in [7, 11) is 0. The molecule has 0 unspecified atom stereocenters. The molecule has 0 spiro atoms. The van der Waals surface area contributed by atoms with Crippen LogP contribution in [0.5, 0.6) is 0 Å². The van der Waals surface area contributed by atoms with E-state index in [2.05, 4.69) is 11.0 Å². The minimum atomic E-state index is 0.186. The highest BCUT2D eigenvalue weighted by molar-refractivity contribution is 5.37. The molecule has 1 aliphatic rings. The lowest BCUT2D eigenvalue weighted by atomic mass is 10.1. The highest BCUT2D eigenvalue weighted by Gasteiger charge is 2.22. The summed E-state index contributed by atoms with van der Waals surface area (Å²) < 4.78 is 0. The molecule has 1 fully saturated rings. The van der Waals surface area contributed by atoms with E-state index in [9.17, 15) is 5.11 Å². The topological polar surface area (TPSA) is 47.3 Å². The van der Waals surface area contributed by atoms with E-state index >= 15 is 0 Å². The first-order chi connectivity index (χ1) is 8.85. The fourth-order valence-corrected chi connectivity index (χ4v) is 2.77. The van der Waals surface area contributed by atoms with Crippen LogP contribution in [0, 0.1) is 11.3 Å². The van der Waals surface area contributed by atoms with Crippen molar-refractivity contribution in [2.45, 2.75) is 38.3 Å². The summed E-state index contributed by atoms with van der Waals surface area (Å²) in [5.74, 6) is 0. The van der Waals surface area contributed by atoms with Crippen LogP contribution in [-0.4, -0.2) is 29.2 Å². The number of hydrogen-bond acceptors (Lipinski definition) is 3. The summed E-state index contributed by atoms with van der Waals surface area (Å²) >= 11 is 0. The van der Waals surface area contributed by atoms with Crippen LogP contribution in [0.15, 0.2) is 24.3 Å². The third-order valence-electron chi connectivity index (χ3n) is 3.74. The maximum atomic E-state index is 9.19. The van der Waals surface area contributed by atoms with Gasteiger partial charge in [0.2, 0.25) is 0 Å². The third kappa shape index (κ3) is 3.10. The molecule has 1 N–H and O–H groups in total. The largest absolute Gasteiger partial charge is 0.395 e. The van der Waals surface area contributed by atoms with Gasteiger partial charge in [-0.05, 0) is 24.5 Å². The van der Waals surface area contributed by atoms with Gasteiger partial charge in [0, 0.05) is 19.1 Å². The van der Waals surface area contributed by atoms with E-state index in [4.69, 9.17) is 5.26 Å². The number of hydrogen-bond donors (Lipinski definition) is 1. The van der Waals surface area contributed by atoms with Crippen molar-refractivity contribution in [2.24, 2.45) is 0 Å². The number of nitrogens with zero attached hydrogens (tertiary/aromatic N) is 2. The van der Waals surface area contributed by atoms with E-state index in [0.717, 1.165) is 17.7 Å². The molecule has 1 aromatic carbocycles. The zero-order chi connectivity index (χ0) is 12.8. The van der Waals surface area contributed by atoms with Crippen molar-refractivity contribution in [1.29, 1.82) is 5.26 Å². The molecule has 3 nitrogen and oxygen atoms in total.